The molecule has 0 radical (unpaired) electrons. The molecule has 0 saturated heterocycles. The Balaban J connectivity index is 1.34. The normalized spacial score (nSPS) is 16.2. The van der Waals surface area contributed by atoms with Crippen molar-refractivity contribution < 1.29 is 32.3 Å². The first-order valence-corrected chi connectivity index (χ1v) is 16.9. The van der Waals surface area contributed by atoms with Gasteiger partial charge in [0.15, 0.2) is 0 Å². The van der Waals surface area contributed by atoms with Gasteiger partial charge in [-0.1, -0.05) is 79.9 Å². The quantitative estimate of drug-likeness (QED) is 0.133. The van der Waals surface area contributed by atoms with Gasteiger partial charge in [-0.2, -0.15) is 13.2 Å². The van der Waals surface area contributed by atoms with Gasteiger partial charge in [0.25, 0.3) is 11.8 Å². The molecule has 2 amide bonds. The molecule has 0 bridgehead atoms. The highest BCUT2D eigenvalue weighted by molar-refractivity contribution is 5.99. The number of carbonyl (C=O) groups excluding carboxylic acids is 2. The Labute approximate surface area is 290 Å². The third-order valence-electron chi connectivity index (χ3n) is 9.80. The van der Waals surface area contributed by atoms with E-state index >= 15 is 0 Å². The SMILES string of the molecule is C[C@H](c1ccc(F)cc1)N(C)C(=O)c1cccc(C(=O)N[C@@H](Cc2ccccc2)[C@H](O)CNC2(c3cccc(C(F)(F)F)c3)CCCCC2)c1. The van der Waals surface area contributed by atoms with Gasteiger partial charge < -0.3 is 20.6 Å². The number of halogens is 4. The molecule has 0 unspecified atom stereocenters. The standard InChI is InChI=1S/C40H43F4N3O3/c1-27(29-17-19-34(41)20-18-29)47(2)38(50)31-14-9-13-30(24-31)37(49)46-35(23-28-11-5-3-6-12-28)36(48)26-45-39(21-7-4-8-22-39)32-15-10-16-33(25-32)40(42,43)44/h3,5-6,9-20,24-25,27,35-36,45,48H,4,7-8,21-23,26H2,1-2H3,(H,46,49)/t27-,35+,36-/m1/s1. The van der Waals surface area contributed by atoms with Crippen LogP contribution in [0.25, 0.3) is 0 Å². The molecular weight excluding hydrogens is 646 g/mol. The molecule has 1 aliphatic rings. The molecule has 1 fully saturated rings. The summed E-state index contributed by atoms with van der Waals surface area (Å²) in [6.07, 6.45) is -1.42. The van der Waals surface area contributed by atoms with Crippen molar-refractivity contribution in [2.24, 2.45) is 0 Å². The second-order valence-corrected chi connectivity index (χ2v) is 13.2. The highest BCUT2D eigenvalue weighted by Gasteiger charge is 2.38. The summed E-state index contributed by atoms with van der Waals surface area (Å²) >= 11 is 0. The molecule has 1 aliphatic carbocycles. The van der Waals surface area contributed by atoms with Crippen LogP contribution in [0.4, 0.5) is 17.6 Å². The van der Waals surface area contributed by atoms with Crippen LogP contribution in [0, 0.1) is 5.82 Å². The number of hydrogen-bond acceptors (Lipinski definition) is 4. The lowest BCUT2D eigenvalue weighted by Crippen LogP contribution is -2.53. The summed E-state index contributed by atoms with van der Waals surface area (Å²) in [5.41, 5.74) is 1.21. The fourth-order valence-corrected chi connectivity index (χ4v) is 6.70. The Hall–Kier alpha value is -4.54. The Kier molecular flexibility index (Phi) is 11.8. The van der Waals surface area contributed by atoms with E-state index in [9.17, 15) is 32.3 Å². The Morgan fingerprint density at radius 2 is 1.52 bits per heavy atom. The van der Waals surface area contributed by atoms with Gasteiger partial charge in [-0.15, -0.1) is 0 Å². The third kappa shape index (κ3) is 8.97. The van der Waals surface area contributed by atoms with Crippen LogP contribution in [0.2, 0.25) is 0 Å². The summed E-state index contributed by atoms with van der Waals surface area (Å²) in [5.74, 6) is -1.18. The van der Waals surface area contributed by atoms with Crippen LogP contribution in [0.3, 0.4) is 0 Å². The minimum atomic E-state index is -4.48. The van der Waals surface area contributed by atoms with Gasteiger partial charge in [0, 0.05) is 30.3 Å². The minimum Gasteiger partial charge on any atom is -0.390 e. The molecule has 10 heteroatoms. The first kappa shape index (κ1) is 36.7. The number of alkyl halides is 3. The van der Waals surface area contributed by atoms with Gasteiger partial charge in [0.05, 0.1) is 23.8 Å². The van der Waals surface area contributed by atoms with Crippen molar-refractivity contribution in [1.82, 2.24) is 15.5 Å². The van der Waals surface area contributed by atoms with Crippen molar-refractivity contribution >= 4 is 11.8 Å². The number of hydrogen-bond donors (Lipinski definition) is 3. The molecule has 5 rings (SSSR count). The van der Waals surface area contributed by atoms with Gasteiger partial charge in [0.2, 0.25) is 0 Å². The summed E-state index contributed by atoms with van der Waals surface area (Å²) in [6.45, 7) is 1.86. The lowest BCUT2D eigenvalue weighted by Gasteiger charge is -2.40. The van der Waals surface area contributed by atoms with Gasteiger partial charge in [-0.05, 0) is 85.3 Å². The van der Waals surface area contributed by atoms with Crippen LogP contribution in [-0.2, 0) is 18.1 Å². The van der Waals surface area contributed by atoms with Crippen molar-refractivity contribution in [2.75, 3.05) is 13.6 Å². The van der Waals surface area contributed by atoms with Crippen molar-refractivity contribution in [3.05, 3.63) is 142 Å². The van der Waals surface area contributed by atoms with Crippen LogP contribution in [-0.4, -0.2) is 47.6 Å². The zero-order chi connectivity index (χ0) is 35.9. The summed E-state index contributed by atoms with van der Waals surface area (Å²) in [7, 11) is 1.64. The molecule has 6 nitrogen and oxygen atoms in total. The number of aliphatic hydroxyl groups is 1. The third-order valence-corrected chi connectivity index (χ3v) is 9.80. The molecule has 3 atom stereocenters. The maximum absolute atomic E-state index is 13.7. The van der Waals surface area contributed by atoms with Gasteiger partial charge in [0.1, 0.15) is 5.82 Å². The van der Waals surface area contributed by atoms with E-state index in [0.29, 0.717) is 24.8 Å². The number of carbonyl (C=O) groups is 2. The van der Waals surface area contributed by atoms with Crippen LogP contribution in [0.15, 0.2) is 103 Å². The number of nitrogens with one attached hydrogen (secondary N) is 2. The van der Waals surface area contributed by atoms with Gasteiger partial charge in [-0.25, -0.2) is 4.39 Å². The second kappa shape index (κ2) is 16.0. The van der Waals surface area contributed by atoms with Crippen molar-refractivity contribution in [3.63, 3.8) is 0 Å². The molecule has 0 aromatic heterocycles. The number of rotatable bonds is 12. The van der Waals surface area contributed by atoms with Crippen molar-refractivity contribution in [2.45, 2.75) is 75.4 Å². The summed E-state index contributed by atoms with van der Waals surface area (Å²) in [6, 6.07) is 25.9. The van der Waals surface area contributed by atoms with E-state index in [2.05, 4.69) is 10.6 Å². The van der Waals surface area contributed by atoms with E-state index in [0.717, 1.165) is 36.5 Å². The average Bonchev–Trinajstić information content (AvgIpc) is 3.13. The summed E-state index contributed by atoms with van der Waals surface area (Å²) in [5, 5.41) is 18.0. The van der Waals surface area contributed by atoms with Crippen LogP contribution in [0.1, 0.15) is 88.0 Å². The molecule has 0 heterocycles. The Bertz CT molecular complexity index is 1740. The number of benzene rings is 4. The average molecular weight is 690 g/mol. The fraction of sp³-hybridized carbons (Fsp3) is 0.350. The second-order valence-electron chi connectivity index (χ2n) is 13.2. The fourth-order valence-electron chi connectivity index (χ4n) is 6.70. The number of amides is 2. The van der Waals surface area contributed by atoms with E-state index in [1.807, 2.05) is 37.3 Å². The van der Waals surface area contributed by atoms with E-state index in [1.165, 1.54) is 35.2 Å². The maximum atomic E-state index is 13.7. The topological polar surface area (TPSA) is 81.7 Å². The van der Waals surface area contributed by atoms with E-state index in [4.69, 9.17) is 0 Å². The van der Waals surface area contributed by atoms with Crippen molar-refractivity contribution in [3.8, 4) is 0 Å². The summed E-state index contributed by atoms with van der Waals surface area (Å²) in [4.78, 5) is 28.7. The van der Waals surface area contributed by atoms with Crippen molar-refractivity contribution in [1.29, 1.82) is 0 Å². The van der Waals surface area contributed by atoms with E-state index in [-0.39, 0.29) is 35.4 Å². The van der Waals surface area contributed by atoms with Gasteiger partial charge >= 0.3 is 6.18 Å². The zero-order valence-corrected chi connectivity index (χ0v) is 28.2. The summed E-state index contributed by atoms with van der Waals surface area (Å²) < 4.78 is 54.4. The highest BCUT2D eigenvalue weighted by Crippen LogP contribution is 2.39. The first-order valence-electron chi connectivity index (χ1n) is 16.9. The molecule has 0 spiro atoms. The number of nitrogens with zero attached hydrogens (tertiary/aromatic N) is 1. The molecule has 264 valence electrons. The molecule has 3 N–H and O–H groups in total. The van der Waals surface area contributed by atoms with Crippen LogP contribution < -0.4 is 10.6 Å². The maximum Gasteiger partial charge on any atom is 0.416 e. The largest absolute Gasteiger partial charge is 0.416 e. The molecule has 4 aromatic rings. The number of aliphatic hydroxyl groups excluding tert-OH is 1. The molecule has 50 heavy (non-hydrogen) atoms. The molecule has 0 aliphatic heterocycles. The highest BCUT2D eigenvalue weighted by atomic mass is 19.4. The molecule has 1 saturated carbocycles. The van der Waals surface area contributed by atoms with E-state index in [1.54, 1.807) is 43.4 Å². The van der Waals surface area contributed by atoms with Crippen LogP contribution >= 0.6 is 0 Å². The van der Waals surface area contributed by atoms with E-state index < -0.39 is 35.3 Å². The lowest BCUT2D eigenvalue weighted by molar-refractivity contribution is -0.137. The Morgan fingerprint density at radius 1 is 0.860 bits per heavy atom. The lowest BCUT2D eigenvalue weighted by atomic mass is 9.76. The Morgan fingerprint density at radius 3 is 2.20 bits per heavy atom. The first-order chi connectivity index (χ1) is 23.9. The monoisotopic (exact) mass is 689 g/mol. The smallest absolute Gasteiger partial charge is 0.390 e. The predicted molar refractivity (Wildman–Crippen MR) is 185 cm³/mol. The molecule has 4 aromatic carbocycles. The predicted octanol–water partition coefficient (Wildman–Crippen LogP) is 7.83. The minimum absolute atomic E-state index is 0.0264. The zero-order valence-electron chi connectivity index (χ0n) is 28.2. The van der Waals surface area contributed by atoms with Gasteiger partial charge in [-0.3, -0.25) is 9.59 Å². The van der Waals surface area contributed by atoms with Crippen LogP contribution in [0.5, 0.6) is 0 Å². The molecular formula is C40H43F4N3O3.